The van der Waals surface area contributed by atoms with E-state index in [0.717, 1.165) is 0 Å². The third-order valence-corrected chi connectivity index (χ3v) is 3.40. The molecule has 0 spiro atoms. The van der Waals surface area contributed by atoms with Gasteiger partial charge in [0, 0.05) is 6.04 Å². The van der Waals surface area contributed by atoms with Gasteiger partial charge in [-0.15, -0.1) is 11.8 Å². The summed E-state index contributed by atoms with van der Waals surface area (Å²) in [5.41, 5.74) is -0.253. The van der Waals surface area contributed by atoms with Crippen LogP contribution in [0, 0.1) is 5.41 Å². The van der Waals surface area contributed by atoms with Crippen LogP contribution < -0.4 is 5.32 Å². The minimum absolute atomic E-state index is 0.0401. The van der Waals surface area contributed by atoms with E-state index < -0.39 is 5.97 Å². The molecule has 0 aliphatic rings. The molecule has 0 heterocycles. The summed E-state index contributed by atoms with van der Waals surface area (Å²) in [5.74, 6) is -0.601. The Balaban J connectivity index is 4.34. The standard InChI is InChI=1S/C12H23NO3S/c1-8(2)17-7-10(14)13-9(6-11(15)16)12(3,4)5/h8-9H,6-7H2,1-5H3,(H,13,14)(H,15,16). The average molecular weight is 261 g/mol. The van der Waals surface area contributed by atoms with Crippen molar-refractivity contribution in [1.29, 1.82) is 0 Å². The average Bonchev–Trinajstić information content (AvgIpc) is 2.11. The number of carbonyl (C=O) groups excluding carboxylic acids is 1. The van der Waals surface area contributed by atoms with E-state index in [9.17, 15) is 9.59 Å². The molecular weight excluding hydrogens is 238 g/mol. The van der Waals surface area contributed by atoms with Gasteiger partial charge in [0.1, 0.15) is 0 Å². The summed E-state index contributed by atoms with van der Waals surface area (Å²) in [6.07, 6.45) is -0.0401. The summed E-state index contributed by atoms with van der Waals surface area (Å²) in [4.78, 5) is 22.4. The normalized spacial score (nSPS) is 13.5. The van der Waals surface area contributed by atoms with Crippen LogP contribution in [-0.4, -0.2) is 34.0 Å². The second kappa shape index (κ2) is 6.89. The van der Waals surface area contributed by atoms with E-state index in [2.05, 4.69) is 5.32 Å². The van der Waals surface area contributed by atoms with E-state index >= 15 is 0 Å². The Hall–Kier alpha value is -0.710. The summed E-state index contributed by atoms with van der Waals surface area (Å²) >= 11 is 1.55. The van der Waals surface area contributed by atoms with Crippen LogP contribution in [0.3, 0.4) is 0 Å². The van der Waals surface area contributed by atoms with E-state index in [-0.39, 0.29) is 23.8 Å². The van der Waals surface area contributed by atoms with Crippen LogP contribution in [0.5, 0.6) is 0 Å². The Bertz CT molecular complexity index is 271. The number of nitrogens with one attached hydrogen (secondary N) is 1. The third kappa shape index (κ3) is 8.07. The van der Waals surface area contributed by atoms with Gasteiger partial charge >= 0.3 is 5.97 Å². The van der Waals surface area contributed by atoms with Crippen LogP contribution in [0.4, 0.5) is 0 Å². The maximum Gasteiger partial charge on any atom is 0.305 e. The Morgan fingerprint density at radius 3 is 2.18 bits per heavy atom. The van der Waals surface area contributed by atoms with E-state index in [4.69, 9.17) is 5.11 Å². The van der Waals surface area contributed by atoms with Crippen LogP contribution in [-0.2, 0) is 9.59 Å². The molecule has 2 N–H and O–H groups in total. The molecule has 0 aromatic heterocycles. The molecule has 17 heavy (non-hydrogen) atoms. The zero-order valence-corrected chi connectivity index (χ0v) is 12.1. The molecule has 0 radical (unpaired) electrons. The molecule has 0 saturated heterocycles. The fourth-order valence-electron chi connectivity index (χ4n) is 1.23. The van der Waals surface area contributed by atoms with Crippen molar-refractivity contribution in [3.05, 3.63) is 0 Å². The number of rotatable bonds is 6. The lowest BCUT2D eigenvalue weighted by molar-refractivity contribution is -0.138. The van der Waals surface area contributed by atoms with Gasteiger partial charge in [0.05, 0.1) is 12.2 Å². The molecule has 0 rings (SSSR count). The van der Waals surface area contributed by atoms with Crippen LogP contribution >= 0.6 is 11.8 Å². The molecule has 0 aromatic rings. The van der Waals surface area contributed by atoms with Gasteiger partial charge in [0.15, 0.2) is 0 Å². The number of hydrogen-bond acceptors (Lipinski definition) is 3. The molecule has 1 unspecified atom stereocenters. The lowest BCUT2D eigenvalue weighted by atomic mass is 9.85. The molecule has 1 atom stereocenters. The van der Waals surface area contributed by atoms with E-state index in [1.807, 2.05) is 34.6 Å². The maximum atomic E-state index is 11.7. The van der Waals surface area contributed by atoms with Crippen molar-refractivity contribution in [2.75, 3.05) is 5.75 Å². The zero-order valence-electron chi connectivity index (χ0n) is 11.2. The van der Waals surface area contributed by atoms with Gasteiger partial charge in [-0.1, -0.05) is 34.6 Å². The van der Waals surface area contributed by atoms with Crippen molar-refractivity contribution in [1.82, 2.24) is 5.32 Å². The molecule has 0 fully saturated rings. The van der Waals surface area contributed by atoms with Crippen molar-refractivity contribution >= 4 is 23.6 Å². The first-order valence-corrected chi connectivity index (χ1v) is 6.80. The van der Waals surface area contributed by atoms with Crippen molar-refractivity contribution in [3.8, 4) is 0 Å². The fourth-order valence-corrected chi connectivity index (χ4v) is 1.79. The quantitative estimate of drug-likeness (QED) is 0.768. The third-order valence-electron chi connectivity index (χ3n) is 2.31. The minimum Gasteiger partial charge on any atom is -0.481 e. The number of hydrogen-bond donors (Lipinski definition) is 2. The first-order chi connectivity index (χ1) is 7.62. The number of carboxylic acids is 1. The Kier molecular flexibility index (Phi) is 6.60. The Morgan fingerprint density at radius 2 is 1.82 bits per heavy atom. The molecule has 1 amide bonds. The number of aliphatic carboxylic acids is 1. The molecule has 0 saturated carbocycles. The lowest BCUT2D eigenvalue weighted by Gasteiger charge is -2.30. The number of carboxylic acid groups (broad SMARTS) is 1. The molecule has 0 bridgehead atoms. The summed E-state index contributed by atoms with van der Waals surface area (Å²) in [6.45, 7) is 9.83. The molecule has 0 aliphatic heterocycles. The van der Waals surface area contributed by atoms with E-state index in [0.29, 0.717) is 11.0 Å². The molecule has 0 aromatic carbocycles. The first kappa shape index (κ1) is 16.3. The van der Waals surface area contributed by atoms with Crippen LogP contribution in [0.25, 0.3) is 0 Å². The summed E-state index contributed by atoms with van der Waals surface area (Å²) in [7, 11) is 0. The second-order valence-electron chi connectivity index (χ2n) is 5.44. The zero-order chi connectivity index (χ0) is 13.6. The summed E-state index contributed by atoms with van der Waals surface area (Å²) < 4.78 is 0. The smallest absolute Gasteiger partial charge is 0.305 e. The molecule has 0 aliphatic carbocycles. The molecule has 100 valence electrons. The maximum absolute atomic E-state index is 11.7. The van der Waals surface area contributed by atoms with Gasteiger partial charge in [0.2, 0.25) is 5.91 Å². The highest BCUT2D eigenvalue weighted by Crippen LogP contribution is 2.22. The van der Waals surface area contributed by atoms with Gasteiger partial charge in [-0.25, -0.2) is 0 Å². The lowest BCUT2D eigenvalue weighted by Crippen LogP contribution is -2.45. The number of thioether (sulfide) groups is 1. The fraction of sp³-hybridized carbons (Fsp3) is 0.833. The number of amides is 1. The highest BCUT2D eigenvalue weighted by Gasteiger charge is 2.28. The molecule has 4 nitrogen and oxygen atoms in total. The monoisotopic (exact) mass is 261 g/mol. The highest BCUT2D eigenvalue weighted by molar-refractivity contribution is 8.00. The largest absolute Gasteiger partial charge is 0.481 e. The second-order valence-corrected chi connectivity index (χ2v) is 7.01. The predicted molar refractivity (Wildman–Crippen MR) is 71.2 cm³/mol. The van der Waals surface area contributed by atoms with Gasteiger partial charge in [-0.3, -0.25) is 9.59 Å². The Labute approximate surface area is 108 Å². The topological polar surface area (TPSA) is 66.4 Å². The van der Waals surface area contributed by atoms with Crippen molar-refractivity contribution in [2.24, 2.45) is 5.41 Å². The van der Waals surface area contributed by atoms with Crippen LogP contribution in [0.15, 0.2) is 0 Å². The summed E-state index contributed by atoms with van der Waals surface area (Å²) in [5, 5.41) is 12.0. The van der Waals surface area contributed by atoms with Gasteiger partial charge in [-0.2, -0.15) is 0 Å². The van der Waals surface area contributed by atoms with E-state index in [1.54, 1.807) is 11.8 Å². The van der Waals surface area contributed by atoms with Crippen molar-refractivity contribution in [3.63, 3.8) is 0 Å². The SMILES string of the molecule is CC(C)SCC(=O)NC(CC(=O)O)C(C)(C)C. The van der Waals surface area contributed by atoms with Crippen molar-refractivity contribution in [2.45, 2.75) is 52.3 Å². The van der Waals surface area contributed by atoms with Crippen LogP contribution in [0.2, 0.25) is 0 Å². The Morgan fingerprint density at radius 1 is 1.29 bits per heavy atom. The molecular formula is C12H23NO3S. The van der Waals surface area contributed by atoms with Crippen molar-refractivity contribution < 1.29 is 14.7 Å². The highest BCUT2D eigenvalue weighted by atomic mass is 32.2. The molecule has 5 heteroatoms. The van der Waals surface area contributed by atoms with Crippen LogP contribution in [0.1, 0.15) is 41.0 Å². The van der Waals surface area contributed by atoms with E-state index in [1.165, 1.54) is 0 Å². The number of carbonyl (C=O) groups is 2. The predicted octanol–water partition coefficient (Wildman–Crippen LogP) is 2.13. The van der Waals surface area contributed by atoms with Gasteiger partial charge < -0.3 is 10.4 Å². The van der Waals surface area contributed by atoms with Gasteiger partial charge in [0.25, 0.3) is 0 Å². The first-order valence-electron chi connectivity index (χ1n) is 5.75. The summed E-state index contributed by atoms with van der Waals surface area (Å²) in [6, 6.07) is -0.333. The van der Waals surface area contributed by atoms with Gasteiger partial charge in [-0.05, 0) is 10.7 Å². The minimum atomic E-state index is -0.887.